The number of phenols is 1. The summed E-state index contributed by atoms with van der Waals surface area (Å²) in [4.78, 5) is 2.32. The molecule has 2 nitrogen and oxygen atoms in total. The van der Waals surface area contributed by atoms with Gasteiger partial charge in [-0.2, -0.15) is 0 Å². The predicted molar refractivity (Wildman–Crippen MR) is 83.5 cm³/mol. The molecule has 0 unspecified atom stereocenters. The quantitative estimate of drug-likeness (QED) is 0.885. The van der Waals surface area contributed by atoms with Gasteiger partial charge in [-0.3, -0.25) is 0 Å². The number of nitrogens with zero attached hydrogens (tertiary/aromatic N) is 1. The van der Waals surface area contributed by atoms with Gasteiger partial charge >= 0.3 is 0 Å². The van der Waals surface area contributed by atoms with E-state index in [9.17, 15) is 5.11 Å². The molecule has 0 radical (unpaired) electrons. The molecule has 0 bridgehead atoms. The highest BCUT2D eigenvalue weighted by molar-refractivity contribution is 6.31. The van der Waals surface area contributed by atoms with Gasteiger partial charge in [-0.05, 0) is 43.0 Å². The zero-order chi connectivity index (χ0) is 13.9. The van der Waals surface area contributed by atoms with Crippen molar-refractivity contribution in [2.24, 2.45) is 0 Å². The number of benzene rings is 2. The van der Waals surface area contributed by atoms with Crippen molar-refractivity contribution in [3.05, 3.63) is 58.6 Å². The lowest BCUT2D eigenvalue weighted by atomic mass is 10.1. The van der Waals surface area contributed by atoms with Crippen LogP contribution >= 0.6 is 11.6 Å². The van der Waals surface area contributed by atoms with Gasteiger partial charge in [-0.1, -0.05) is 35.9 Å². The Labute approximate surface area is 124 Å². The molecule has 1 N–H and O–H groups in total. The first kappa shape index (κ1) is 13.3. The van der Waals surface area contributed by atoms with Gasteiger partial charge < -0.3 is 10.0 Å². The lowest BCUT2D eigenvalue weighted by molar-refractivity contribution is 0.467. The largest absolute Gasteiger partial charge is 0.508 e. The van der Waals surface area contributed by atoms with Crippen LogP contribution < -0.4 is 4.90 Å². The van der Waals surface area contributed by atoms with Gasteiger partial charge in [0.05, 0.1) is 0 Å². The number of hydrogen-bond donors (Lipinski definition) is 1. The van der Waals surface area contributed by atoms with Gasteiger partial charge in [0.15, 0.2) is 0 Å². The van der Waals surface area contributed by atoms with Gasteiger partial charge in [0.25, 0.3) is 0 Å². The topological polar surface area (TPSA) is 23.5 Å². The Morgan fingerprint density at radius 2 is 1.90 bits per heavy atom. The fourth-order valence-electron chi connectivity index (χ4n) is 2.83. The molecular formula is C17H18ClNO. The van der Waals surface area contributed by atoms with E-state index >= 15 is 0 Å². The lowest BCUT2D eigenvalue weighted by Gasteiger charge is -2.25. The van der Waals surface area contributed by atoms with Gasteiger partial charge in [-0.15, -0.1) is 0 Å². The summed E-state index contributed by atoms with van der Waals surface area (Å²) in [7, 11) is 0. The summed E-state index contributed by atoms with van der Waals surface area (Å²) in [5, 5.41) is 10.7. The summed E-state index contributed by atoms with van der Waals surface area (Å²) in [5.74, 6) is 0.277. The van der Waals surface area contributed by atoms with Crippen LogP contribution in [0, 0.1) is 0 Å². The first-order valence-corrected chi connectivity index (χ1v) is 7.43. The lowest BCUT2D eigenvalue weighted by Crippen LogP contribution is -2.23. The summed E-state index contributed by atoms with van der Waals surface area (Å²) in [5.41, 5.74) is 3.46. The van der Waals surface area contributed by atoms with Crippen molar-refractivity contribution < 1.29 is 5.11 Å². The van der Waals surface area contributed by atoms with E-state index in [2.05, 4.69) is 29.2 Å². The molecule has 1 aliphatic rings. The van der Waals surface area contributed by atoms with Crippen LogP contribution in [0.25, 0.3) is 0 Å². The van der Waals surface area contributed by atoms with Gasteiger partial charge in [-0.25, -0.2) is 0 Å². The maximum atomic E-state index is 10.0. The average Bonchev–Trinajstić information content (AvgIpc) is 2.66. The number of anilines is 1. The first-order chi connectivity index (χ1) is 9.75. The van der Waals surface area contributed by atoms with Crippen LogP contribution in [0.4, 0.5) is 5.69 Å². The fourth-order valence-corrected chi connectivity index (χ4v) is 3.06. The number of aromatic hydroxyl groups is 1. The molecule has 2 aromatic rings. The monoisotopic (exact) mass is 287 g/mol. The van der Waals surface area contributed by atoms with Gasteiger partial charge in [0, 0.05) is 29.4 Å². The van der Waals surface area contributed by atoms with Crippen LogP contribution in [0.3, 0.4) is 0 Å². The van der Waals surface area contributed by atoms with Crippen LogP contribution in [0.15, 0.2) is 42.5 Å². The Bertz CT molecular complexity index is 591. The van der Waals surface area contributed by atoms with Gasteiger partial charge in [0.1, 0.15) is 5.75 Å². The summed E-state index contributed by atoms with van der Waals surface area (Å²) in [6, 6.07) is 13.8. The number of para-hydroxylation sites is 1. The number of fused-ring (bicyclic) bond motifs is 1. The second-order valence-corrected chi connectivity index (χ2v) is 5.65. The van der Waals surface area contributed by atoms with Crippen LogP contribution in [-0.4, -0.2) is 11.7 Å². The standard InChI is InChI=1S/C17H18ClNO/c18-15-8-5-10-17(20)14(15)12-19-11-4-3-7-13-6-1-2-9-16(13)19/h1-2,5-6,8-10,20H,3-4,7,11-12H2. The van der Waals surface area contributed by atoms with Gasteiger partial charge in [0.2, 0.25) is 0 Å². The third-order valence-electron chi connectivity index (χ3n) is 3.90. The number of halogens is 1. The molecule has 1 heterocycles. The molecule has 3 heteroatoms. The van der Waals surface area contributed by atoms with E-state index in [1.807, 2.05) is 6.07 Å². The zero-order valence-corrected chi connectivity index (χ0v) is 12.1. The molecule has 0 aromatic heterocycles. The first-order valence-electron chi connectivity index (χ1n) is 7.05. The molecular weight excluding hydrogens is 270 g/mol. The maximum absolute atomic E-state index is 10.0. The molecule has 20 heavy (non-hydrogen) atoms. The van der Waals surface area contributed by atoms with E-state index in [1.54, 1.807) is 12.1 Å². The molecule has 0 aliphatic carbocycles. The minimum Gasteiger partial charge on any atom is -0.508 e. The Hall–Kier alpha value is -1.67. The van der Waals surface area contributed by atoms with E-state index in [0.717, 1.165) is 18.5 Å². The molecule has 0 saturated carbocycles. The Morgan fingerprint density at radius 1 is 1.05 bits per heavy atom. The highest BCUT2D eigenvalue weighted by atomic mass is 35.5. The molecule has 0 fully saturated rings. The van der Waals surface area contributed by atoms with E-state index in [-0.39, 0.29) is 5.75 Å². The van der Waals surface area contributed by atoms with E-state index in [1.165, 1.54) is 24.1 Å². The van der Waals surface area contributed by atoms with Crippen molar-refractivity contribution in [3.8, 4) is 5.75 Å². The second-order valence-electron chi connectivity index (χ2n) is 5.24. The molecule has 0 amide bonds. The molecule has 1 aliphatic heterocycles. The van der Waals surface area contributed by atoms with Crippen molar-refractivity contribution in [1.82, 2.24) is 0 Å². The van der Waals surface area contributed by atoms with Crippen molar-refractivity contribution in [2.75, 3.05) is 11.4 Å². The average molecular weight is 288 g/mol. The molecule has 0 atom stereocenters. The second kappa shape index (κ2) is 5.76. The van der Waals surface area contributed by atoms with Crippen LogP contribution in [0.5, 0.6) is 5.75 Å². The highest BCUT2D eigenvalue weighted by Crippen LogP contribution is 2.32. The summed E-state index contributed by atoms with van der Waals surface area (Å²) >= 11 is 6.23. The molecule has 104 valence electrons. The highest BCUT2D eigenvalue weighted by Gasteiger charge is 2.17. The molecule has 3 rings (SSSR count). The zero-order valence-electron chi connectivity index (χ0n) is 11.3. The van der Waals surface area contributed by atoms with Crippen LogP contribution in [0.1, 0.15) is 24.0 Å². The number of phenolic OH excluding ortho intramolecular Hbond substituents is 1. The molecule has 2 aromatic carbocycles. The predicted octanol–water partition coefficient (Wildman–Crippen LogP) is 4.39. The van der Waals surface area contributed by atoms with Crippen LogP contribution in [-0.2, 0) is 13.0 Å². The third kappa shape index (κ3) is 2.61. The smallest absolute Gasteiger partial charge is 0.122 e. The van der Waals surface area contributed by atoms with E-state index in [4.69, 9.17) is 11.6 Å². The third-order valence-corrected chi connectivity index (χ3v) is 4.25. The van der Waals surface area contributed by atoms with Crippen molar-refractivity contribution in [3.63, 3.8) is 0 Å². The summed E-state index contributed by atoms with van der Waals surface area (Å²) in [6.07, 6.45) is 3.50. The minimum atomic E-state index is 0.277. The molecule has 0 saturated heterocycles. The Kier molecular flexibility index (Phi) is 3.83. The number of hydrogen-bond acceptors (Lipinski definition) is 2. The van der Waals surface area contributed by atoms with E-state index < -0.39 is 0 Å². The fraction of sp³-hybridized carbons (Fsp3) is 0.294. The molecule has 0 spiro atoms. The van der Waals surface area contributed by atoms with Crippen molar-refractivity contribution >= 4 is 17.3 Å². The normalized spacial score (nSPS) is 14.8. The van der Waals surface area contributed by atoms with Crippen LogP contribution in [0.2, 0.25) is 5.02 Å². The summed E-state index contributed by atoms with van der Waals surface area (Å²) in [6.45, 7) is 1.66. The maximum Gasteiger partial charge on any atom is 0.122 e. The number of aryl methyl sites for hydroxylation is 1. The van der Waals surface area contributed by atoms with Crippen molar-refractivity contribution in [1.29, 1.82) is 0 Å². The summed E-state index contributed by atoms with van der Waals surface area (Å²) < 4.78 is 0. The minimum absolute atomic E-state index is 0.277. The van der Waals surface area contributed by atoms with E-state index in [0.29, 0.717) is 11.6 Å². The van der Waals surface area contributed by atoms with Crippen molar-refractivity contribution in [2.45, 2.75) is 25.8 Å². The Balaban J connectivity index is 1.94. The SMILES string of the molecule is Oc1cccc(Cl)c1CN1CCCCc2ccccc21. The Morgan fingerprint density at radius 3 is 2.75 bits per heavy atom. The number of rotatable bonds is 2.